The summed E-state index contributed by atoms with van der Waals surface area (Å²) < 4.78 is 7.57. The fraction of sp³-hybridized carbons (Fsp3) is 0.346. The van der Waals surface area contributed by atoms with Crippen molar-refractivity contribution >= 4 is 5.91 Å². The van der Waals surface area contributed by atoms with Crippen LogP contribution >= 0.6 is 0 Å². The highest BCUT2D eigenvalue weighted by atomic mass is 16.5. The van der Waals surface area contributed by atoms with Gasteiger partial charge in [-0.25, -0.2) is 0 Å². The van der Waals surface area contributed by atoms with E-state index in [4.69, 9.17) is 4.74 Å². The quantitative estimate of drug-likeness (QED) is 0.406. The van der Waals surface area contributed by atoms with Gasteiger partial charge < -0.3 is 14.2 Å². The lowest BCUT2D eigenvalue weighted by atomic mass is 10.1. The molecule has 2 aromatic carbocycles. The summed E-state index contributed by atoms with van der Waals surface area (Å²) in [6.45, 7) is 4.38. The largest absolute Gasteiger partial charge is 0.497 e. The van der Waals surface area contributed by atoms with Gasteiger partial charge >= 0.3 is 0 Å². The normalized spacial score (nSPS) is 10.7. The van der Waals surface area contributed by atoms with Crippen molar-refractivity contribution in [2.24, 2.45) is 0 Å². The molecule has 3 rings (SSSR count). The van der Waals surface area contributed by atoms with Crippen LogP contribution in [0.3, 0.4) is 0 Å². The van der Waals surface area contributed by atoms with E-state index in [0.29, 0.717) is 13.0 Å². The van der Waals surface area contributed by atoms with Gasteiger partial charge in [0, 0.05) is 25.0 Å². The Kier molecular flexibility index (Phi) is 8.13. The van der Waals surface area contributed by atoms with Gasteiger partial charge in [-0.05, 0) is 41.8 Å². The molecule has 0 saturated heterocycles. The number of ether oxygens (including phenoxy) is 1. The highest BCUT2D eigenvalue weighted by Crippen LogP contribution is 2.17. The second-order valence-corrected chi connectivity index (χ2v) is 7.66. The van der Waals surface area contributed by atoms with Crippen LogP contribution in [-0.4, -0.2) is 29.0 Å². The van der Waals surface area contributed by atoms with Crippen molar-refractivity contribution < 1.29 is 9.53 Å². The smallest absolute Gasteiger partial charge is 0.227 e. The van der Waals surface area contributed by atoms with Crippen LogP contribution < -0.4 is 4.74 Å². The van der Waals surface area contributed by atoms with Crippen LogP contribution in [0.2, 0.25) is 0 Å². The molecule has 0 aliphatic carbocycles. The number of methoxy groups -OCH3 is 1. The molecule has 0 radical (unpaired) electrons. The number of amides is 1. The molecule has 1 amide bonds. The lowest BCUT2D eigenvalue weighted by Crippen LogP contribution is -2.33. The van der Waals surface area contributed by atoms with Gasteiger partial charge in [0.05, 0.1) is 20.1 Å². The van der Waals surface area contributed by atoms with E-state index in [1.807, 2.05) is 47.4 Å². The maximum Gasteiger partial charge on any atom is 0.227 e. The molecular weight excluding hydrogens is 372 g/mol. The number of hydrogen-bond acceptors (Lipinski definition) is 2. The zero-order valence-electron chi connectivity index (χ0n) is 18.1. The molecule has 0 aliphatic rings. The molecule has 0 bridgehead atoms. The Bertz CT molecular complexity index is 918. The van der Waals surface area contributed by atoms with Crippen molar-refractivity contribution in [3.63, 3.8) is 0 Å². The van der Waals surface area contributed by atoms with Crippen LogP contribution in [0.4, 0.5) is 0 Å². The van der Waals surface area contributed by atoms with E-state index in [9.17, 15) is 4.79 Å². The van der Waals surface area contributed by atoms with Crippen LogP contribution in [0.25, 0.3) is 0 Å². The molecular formula is C26H32N2O2. The highest BCUT2D eigenvalue weighted by Gasteiger charge is 2.16. The fourth-order valence-corrected chi connectivity index (χ4v) is 3.64. The third-order valence-corrected chi connectivity index (χ3v) is 5.35. The summed E-state index contributed by atoms with van der Waals surface area (Å²) in [7, 11) is 1.69. The summed E-state index contributed by atoms with van der Waals surface area (Å²) in [6.07, 6.45) is 5.85. The molecule has 4 nitrogen and oxygen atoms in total. The fourth-order valence-electron chi connectivity index (χ4n) is 3.64. The molecule has 30 heavy (non-hydrogen) atoms. The number of carbonyl (C=O) groups is 1. The van der Waals surface area contributed by atoms with Gasteiger partial charge in [0.25, 0.3) is 0 Å². The first-order valence-corrected chi connectivity index (χ1v) is 10.8. The van der Waals surface area contributed by atoms with Crippen molar-refractivity contribution in [2.75, 3.05) is 13.7 Å². The Balaban J connectivity index is 1.72. The van der Waals surface area contributed by atoms with E-state index in [-0.39, 0.29) is 5.91 Å². The van der Waals surface area contributed by atoms with Crippen LogP contribution in [0.1, 0.15) is 43.0 Å². The number of aromatic nitrogens is 1. The predicted octanol–water partition coefficient (Wildman–Crippen LogP) is 5.31. The summed E-state index contributed by atoms with van der Waals surface area (Å²) in [4.78, 5) is 15.1. The first-order chi connectivity index (χ1) is 14.7. The van der Waals surface area contributed by atoms with Gasteiger partial charge in [-0.3, -0.25) is 4.79 Å². The molecule has 158 valence electrons. The Morgan fingerprint density at radius 2 is 1.77 bits per heavy atom. The summed E-state index contributed by atoms with van der Waals surface area (Å²) in [5, 5.41) is 0. The number of carbonyl (C=O) groups excluding carboxylic acids is 1. The van der Waals surface area contributed by atoms with Crippen molar-refractivity contribution in [2.45, 2.75) is 45.7 Å². The molecule has 0 aliphatic heterocycles. The number of unbranched alkanes of at least 4 members (excludes halogenated alkanes) is 2. The molecule has 1 heterocycles. The topological polar surface area (TPSA) is 34.5 Å². The summed E-state index contributed by atoms with van der Waals surface area (Å²) >= 11 is 0. The molecule has 4 heteroatoms. The van der Waals surface area contributed by atoms with E-state index in [1.165, 1.54) is 5.56 Å². The van der Waals surface area contributed by atoms with E-state index in [0.717, 1.165) is 49.4 Å². The second-order valence-electron chi connectivity index (χ2n) is 7.66. The van der Waals surface area contributed by atoms with Crippen LogP contribution in [0.15, 0.2) is 72.9 Å². The SMILES string of the molecule is CCCCCN(Cc1cccn1Cc1cccc(OC)c1)C(=O)Cc1ccccc1. The molecule has 0 atom stereocenters. The Morgan fingerprint density at radius 3 is 2.53 bits per heavy atom. The molecule has 0 saturated carbocycles. The maximum atomic E-state index is 13.1. The van der Waals surface area contributed by atoms with E-state index < -0.39 is 0 Å². The Labute approximate surface area is 180 Å². The minimum Gasteiger partial charge on any atom is -0.497 e. The highest BCUT2D eigenvalue weighted by molar-refractivity contribution is 5.78. The standard InChI is InChI=1S/C26H32N2O2/c1-3-4-8-16-28(26(29)19-22-11-6-5-7-12-22)21-24-14-10-17-27(24)20-23-13-9-15-25(18-23)30-2/h5-7,9-15,17-18H,3-4,8,16,19-21H2,1-2H3. The molecule has 0 spiro atoms. The summed E-state index contributed by atoms with van der Waals surface area (Å²) in [6, 6.07) is 22.3. The predicted molar refractivity (Wildman–Crippen MR) is 122 cm³/mol. The average Bonchev–Trinajstić information content (AvgIpc) is 3.20. The molecule has 3 aromatic rings. The maximum absolute atomic E-state index is 13.1. The molecule has 0 N–H and O–H groups in total. The van der Waals surface area contributed by atoms with Gasteiger partial charge in [-0.2, -0.15) is 0 Å². The Hall–Kier alpha value is -3.01. The first kappa shape index (κ1) is 21.7. The van der Waals surface area contributed by atoms with Crippen LogP contribution in [-0.2, 0) is 24.3 Å². The van der Waals surface area contributed by atoms with E-state index in [2.05, 4.69) is 42.0 Å². The van der Waals surface area contributed by atoms with E-state index in [1.54, 1.807) is 7.11 Å². The second kappa shape index (κ2) is 11.2. The minimum absolute atomic E-state index is 0.187. The van der Waals surface area contributed by atoms with Crippen molar-refractivity contribution in [3.05, 3.63) is 89.7 Å². The third kappa shape index (κ3) is 6.24. The van der Waals surface area contributed by atoms with Crippen molar-refractivity contribution in [1.82, 2.24) is 9.47 Å². The van der Waals surface area contributed by atoms with Gasteiger partial charge in [0.15, 0.2) is 0 Å². The van der Waals surface area contributed by atoms with Gasteiger partial charge in [-0.15, -0.1) is 0 Å². The molecule has 0 fully saturated rings. The number of nitrogens with zero attached hydrogens (tertiary/aromatic N) is 2. The lowest BCUT2D eigenvalue weighted by Gasteiger charge is -2.24. The number of hydrogen-bond donors (Lipinski definition) is 0. The first-order valence-electron chi connectivity index (χ1n) is 10.8. The minimum atomic E-state index is 0.187. The van der Waals surface area contributed by atoms with E-state index >= 15 is 0 Å². The average molecular weight is 405 g/mol. The monoisotopic (exact) mass is 404 g/mol. The van der Waals surface area contributed by atoms with Crippen LogP contribution in [0, 0.1) is 0 Å². The molecule has 1 aromatic heterocycles. The number of benzene rings is 2. The molecule has 0 unspecified atom stereocenters. The van der Waals surface area contributed by atoms with Crippen molar-refractivity contribution in [1.29, 1.82) is 0 Å². The third-order valence-electron chi connectivity index (χ3n) is 5.35. The summed E-state index contributed by atoms with van der Waals surface area (Å²) in [5.41, 5.74) is 3.39. The lowest BCUT2D eigenvalue weighted by molar-refractivity contribution is -0.131. The van der Waals surface area contributed by atoms with Gasteiger partial charge in [0.1, 0.15) is 5.75 Å². The number of rotatable bonds is 11. The zero-order chi connectivity index (χ0) is 21.2. The Morgan fingerprint density at radius 1 is 0.967 bits per heavy atom. The van der Waals surface area contributed by atoms with Gasteiger partial charge in [-0.1, -0.05) is 62.2 Å². The van der Waals surface area contributed by atoms with Crippen molar-refractivity contribution in [3.8, 4) is 5.75 Å². The zero-order valence-corrected chi connectivity index (χ0v) is 18.1. The van der Waals surface area contributed by atoms with Gasteiger partial charge in [0.2, 0.25) is 5.91 Å². The van der Waals surface area contributed by atoms with Crippen LogP contribution in [0.5, 0.6) is 5.75 Å². The summed E-state index contributed by atoms with van der Waals surface area (Å²) in [5.74, 6) is 1.05.